The topological polar surface area (TPSA) is 86.7 Å². The SMILES string of the molecule is CC(C)CCN(CC(O)C(Cc1ccccc1)NC(=O)C1CCC1C)S(C)(=O)=O. The Morgan fingerprint density at radius 2 is 1.90 bits per heavy atom. The molecule has 1 aliphatic carbocycles. The van der Waals surface area contributed by atoms with Crippen molar-refractivity contribution in [3.8, 4) is 0 Å². The predicted octanol–water partition coefficient (Wildman–Crippen LogP) is 2.43. The molecule has 1 aromatic rings. The normalized spacial score (nSPS) is 21.6. The van der Waals surface area contributed by atoms with Gasteiger partial charge >= 0.3 is 0 Å². The van der Waals surface area contributed by atoms with Crippen LogP contribution < -0.4 is 5.32 Å². The molecule has 2 N–H and O–H groups in total. The lowest BCUT2D eigenvalue weighted by Gasteiger charge is -2.35. The summed E-state index contributed by atoms with van der Waals surface area (Å²) >= 11 is 0. The van der Waals surface area contributed by atoms with E-state index < -0.39 is 22.2 Å². The first-order valence-corrected chi connectivity index (χ1v) is 12.4. The van der Waals surface area contributed by atoms with Gasteiger partial charge in [0.05, 0.1) is 18.4 Å². The Bertz CT molecular complexity index is 751. The highest BCUT2D eigenvalue weighted by atomic mass is 32.2. The van der Waals surface area contributed by atoms with Crippen LogP contribution in [-0.2, 0) is 21.2 Å². The Hall–Kier alpha value is -1.44. The standard InChI is InChI=1S/C22H36N2O4S/c1-16(2)12-13-24(29(4,27)28)15-21(25)20(14-18-8-6-5-7-9-18)23-22(26)19-11-10-17(19)3/h5-9,16-17,19-21,25H,10-15H2,1-4H3,(H,23,26). The quantitative estimate of drug-likeness (QED) is 0.571. The van der Waals surface area contributed by atoms with Crippen molar-refractivity contribution >= 4 is 15.9 Å². The van der Waals surface area contributed by atoms with E-state index in [1.807, 2.05) is 44.2 Å². The van der Waals surface area contributed by atoms with E-state index in [1.54, 1.807) is 0 Å². The summed E-state index contributed by atoms with van der Waals surface area (Å²) in [4.78, 5) is 12.7. The average molecular weight is 425 g/mol. The lowest BCUT2D eigenvalue weighted by atomic mass is 9.74. The summed E-state index contributed by atoms with van der Waals surface area (Å²) in [6.07, 6.45) is 3.26. The summed E-state index contributed by atoms with van der Waals surface area (Å²) in [6.45, 7) is 6.47. The van der Waals surface area contributed by atoms with E-state index in [9.17, 15) is 18.3 Å². The minimum absolute atomic E-state index is 0.0209. The van der Waals surface area contributed by atoms with Crippen LogP contribution in [-0.4, -0.2) is 55.2 Å². The van der Waals surface area contributed by atoms with E-state index in [0.717, 1.165) is 24.8 Å². The van der Waals surface area contributed by atoms with Gasteiger partial charge in [-0.2, -0.15) is 4.31 Å². The van der Waals surface area contributed by atoms with Crippen LogP contribution >= 0.6 is 0 Å². The molecule has 0 aliphatic heterocycles. The number of hydrogen-bond acceptors (Lipinski definition) is 4. The second-order valence-corrected chi connectivity index (χ2v) is 10.8. The summed E-state index contributed by atoms with van der Waals surface area (Å²) < 4.78 is 25.8. The molecule has 0 bridgehead atoms. The summed E-state index contributed by atoms with van der Waals surface area (Å²) in [5.74, 6) is 0.642. The number of nitrogens with one attached hydrogen (secondary N) is 1. The van der Waals surface area contributed by atoms with Crippen LogP contribution in [0.4, 0.5) is 0 Å². The van der Waals surface area contributed by atoms with Gasteiger partial charge in [0.15, 0.2) is 0 Å². The van der Waals surface area contributed by atoms with Crippen LogP contribution in [0.25, 0.3) is 0 Å². The third-order valence-electron chi connectivity index (χ3n) is 5.86. The summed E-state index contributed by atoms with van der Waals surface area (Å²) in [5, 5.41) is 13.9. The van der Waals surface area contributed by atoms with Crippen molar-refractivity contribution in [1.82, 2.24) is 9.62 Å². The number of carbonyl (C=O) groups is 1. The minimum atomic E-state index is -3.45. The Morgan fingerprint density at radius 1 is 1.24 bits per heavy atom. The summed E-state index contributed by atoms with van der Waals surface area (Å²) in [6, 6.07) is 9.11. The number of amides is 1. The first-order chi connectivity index (χ1) is 13.6. The first-order valence-electron chi connectivity index (χ1n) is 10.6. The molecule has 0 radical (unpaired) electrons. The molecule has 1 aliphatic rings. The van der Waals surface area contributed by atoms with Gasteiger partial charge in [0.1, 0.15) is 0 Å². The van der Waals surface area contributed by atoms with Crippen LogP contribution in [0.5, 0.6) is 0 Å². The Morgan fingerprint density at radius 3 is 2.38 bits per heavy atom. The van der Waals surface area contributed by atoms with Crippen LogP contribution in [0.15, 0.2) is 30.3 Å². The van der Waals surface area contributed by atoms with Gasteiger partial charge in [0, 0.05) is 19.0 Å². The highest BCUT2D eigenvalue weighted by molar-refractivity contribution is 7.88. The second-order valence-electron chi connectivity index (χ2n) is 8.84. The van der Waals surface area contributed by atoms with Crippen molar-refractivity contribution in [3.63, 3.8) is 0 Å². The van der Waals surface area contributed by atoms with E-state index in [0.29, 0.717) is 24.8 Å². The number of benzene rings is 1. The number of aliphatic hydroxyl groups excluding tert-OH is 1. The minimum Gasteiger partial charge on any atom is -0.390 e. The van der Waals surface area contributed by atoms with Crippen LogP contribution in [0.1, 0.15) is 45.6 Å². The molecular formula is C22H36N2O4S. The zero-order valence-electron chi connectivity index (χ0n) is 18.0. The van der Waals surface area contributed by atoms with Crippen LogP contribution in [0.2, 0.25) is 0 Å². The molecule has 1 fully saturated rings. The molecule has 2 rings (SSSR count). The van der Waals surface area contributed by atoms with Crippen molar-refractivity contribution in [1.29, 1.82) is 0 Å². The number of sulfonamides is 1. The van der Waals surface area contributed by atoms with Gasteiger partial charge in [-0.3, -0.25) is 4.79 Å². The number of hydrogen-bond donors (Lipinski definition) is 2. The second kappa shape index (κ2) is 10.5. The lowest BCUT2D eigenvalue weighted by molar-refractivity contribution is -0.131. The number of carbonyl (C=O) groups excluding carboxylic acids is 1. The Kier molecular flexibility index (Phi) is 8.67. The largest absolute Gasteiger partial charge is 0.390 e. The molecule has 0 aromatic heterocycles. The fourth-order valence-electron chi connectivity index (χ4n) is 3.63. The number of aliphatic hydroxyl groups is 1. The smallest absolute Gasteiger partial charge is 0.223 e. The molecule has 7 heteroatoms. The van der Waals surface area contributed by atoms with E-state index in [1.165, 1.54) is 10.6 Å². The maximum absolute atomic E-state index is 12.7. The first kappa shape index (κ1) is 23.8. The zero-order valence-corrected chi connectivity index (χ0v) is 18.9. The maximum atomic E-state index is 12.7. The molecule has 0 heterocycles. The van der Waals surface area contributed by atoms with Gasteiger partial charge in [0.2, 0.25) is 15.9 Å². The fraction of sp³-hybridized carbons (Fsp3) is 0.682. The van der Waals surface area contributed by atoms with E-state index >= 15 is 0 Å². The van der Waals surface area contributed by atoms with Crippen molar-refractivity contribution in [2.75, 3.05) is 19.3 Å². The molecule has 0 saturated heterocycles. The fourth-order valence-corrected chi connectivity index (χ4v) is 4.49. The molecule has 29 heavy (non-hydrogen) atoms. The molecule has 6 nitrogen and oxygen atoms in total. The van der Waals surface area contributed by atoms with Gasteiger partial charge in [0.25, 0.3) is 0 Å². The highest BCUT2D eigenvalue weighted by Crippen LogP contribution is 2.33. The Labute approximate surface area is 175 Å². The van der Waals surface area contributed by atoms with Gasteiger partial charge in [-0.05, 0) is 43.1 Å². The summed E-state index contributed by atoms with van der Waals surface area (Å²) in [5.41, 5.74) is 0.992. The molecule has 164 valence electrons. The lowest BCUT2D eigenvalue weighted by Crippen LogP contribution is -2.53. The van der Waals surface area contributed by atoms with Crippen molar-refractivity contribution in [3.05, 3.63) is 35.9 Å². The van der Waals surface area contributed by atoms with Crippen LogP contribution in [0.3, 0.4) is 0 Å². The van der Waals surface area contributed by atoms with Crippen molar-refractivity contribution < 1.29 is 18.3 Å². The molecule has 1 aromatic carbocycles. The molecule has 0 spiro atoms. The van der Waals surface area contributed by atoms with E-state index in [2.05, 4.69) is 12.2 Å². The monoisotopic (exact) mass is 424 g/mol. The maximum Gasteiger partial charge on any atom is 0.223 e. The zero-order chi connectivity index (χ0) is 21.6. The van der Waals surface area contributed by atoms with E-state index in [4.69, 9.17) is 0 Å². The molecule has 4 atom stereocenters. The van der Waals surface area contributed by atoms with Crippen molar-refractivity contribution in [2.45, 2.75) is 58.6 Å². The summed E-state index contributed by atoms with van der Waals surface area (Å²) in [7, 11) is -3.45. The molecule has 1 saturated carbocycles. The van der Waals surface area contributed by atoms with Crippen LogP contribution in [0, 0.1) is 17.8 Å². The molecular weight excluding hydrogens is 388 g/mol. The highest BCUT2D eigenvalue weighted by Gasteiger charge is 2.35. The van der Waals surface area contributed by atoms with Crippen molar-refractivity contribution in [2.24, 2.45) is 17.8 Å². The van der Waals surface area contributed by atoms with E-state index in [-0.39, 0.29) is 18.4 Å². The third-order valence-corrected chi connectivity index (χ3v) is 7.13. The number of rotatable bonds is 11. The van der Waals surface area contributed by atoms with Gasteiger partial charge in [-0.25, -0.2) is 8.42 Å². The van der Waals surface area contributed by atoms with Gasteiger partial charge in [-0.1, -0.05) is 51.1 Å². The van der Waals surface area contributed by atoms with Gasteiger partial charge < -0.3 is 10.4 Å². The third kappa shape index (κ3) is 7.39. The molecule has 1 amide bonds. The molecule has 4 unspecified atom stereocenters. The Balaban J connectivity index is 2.12. The average Bonchev–Trinajstić information content (AvgIpc) is 2.62. The van der Waals surface area contributed by atoms with Gasteiger partial charge in [-0.15, -0.1) is 0 Å². The number of nitrogens with zero attached hydrogens (tertiary/aromatic N) is 1. The predicted molar refractivity (Wildman–Crippen MR) is 116 cm³/mol.